The van der Waals surface area contributed by atoms with Gasteiger partial charge in [-0.15, -0.1) is 0 Å². The van der Waals surface area contributed by atoms with E-state index in [2.05, 4.69) is 5.32 Å². The van der Waals surface area contributed by atoms with E-state index in [4.69, 9.17) is 4.74 Å². The van der Waals surface area contributed by atoms with Crippen molar-refractivity contribution in [2.24, 2.45) is 0 Å². The summed E-state index contributed by atoms with van der Waals surface area (Å²) in [6, 6.07) is 10.2. The van der Waals surface area contributed by atoms with Gasteiger partial charge in [0.1, 0.15) is 18.2 Å². The van der Waals surface area contributed by atoms with Crippen LogP contribution in [0.25, 0.3) is 0 Å². The Kier molecular flexibility index (Phi) is 6.31. The predicted octanol–water partition coefficient (Wildman–Crippen LogP) is 2.73. The van der Waals surface area contributed by atoms with Crippen LogP contribution in [0.4, 0.5) is 4.39 Å². The molecule has 0 radical (unpaired) electrons. The largest absolute Gasteiger partial charge is 0.492 e. The van der Waals surface area contributed by atoms with Crippen LogP contribution in [-0.4, -0.2) is 44.9 Å². The molecule has 0 aromatic heterocycles. The molecule has 1 fully saturated rings. The van der Waals surface area contributed by atoms with Gasteiger partial charge in [-0.2, -0.15) is 4.31 Å². The molecular formula is C20H23FN2O4S. The van der Waals surface area contributed by atoms with Gasteiger partial charge in [0.2, 0.25) is 10.0 Å². The molecule has 1 aliphatic heterocycles. The fraction of sp³-hybridized carbons (Fsp3) is 0.350. The first-order valence-electron chi connectivity index (χ1n) is 9.15. The molecule has 0 bridgehead atoms. The van der Waals surface area contributed by atoms with Gasteiger partial charge in [0, 0.05) is 18.7 Å². The van der Waals surface area contributed by atoms with Crippen molar-refractivity contribution in [3.8, 4) is 5.75 Å². The van der Waals surface area contributed by atoms with Crippen LogP contribution in [0.15, 0.2) is 47.4 Å². The summed E-state index contributed by atoms with van der Waals surface area (Å²) >= 11 is 0. The van der Waals surface area contributed by atoms with E-state index in [1.165, 1.54) is 40.7 Å². The second kappa shape index (κ2) is 8.70. The van der Waals surface area contributed by atoms with Crippen molar-refractivity contribution in [2.45, 2.75) is 24.7 Å². The topological polar surface area (TPSA) is 75.7 Å². The number of hydrogen-bond donors (Lipinski definition) is 1. The number of carbonyl (C=O) groups excluding carboxylic acids is 1. The van der Waals surface area contributed by atoms with Crippen LogP contribution in [0, 0.1) is 12.7 Å². The molecule has 3 rings (SSSR count). The maximum Gasteiger partial charge on any atom is 0.251 e. The molecule has 8 heteroatoms. The zero-order valence-electron chi connectivity index (χ0n) is 15.7. The number of ether oxygens (including phenoxy) is 1. The van der Waals surface area contributed by atoms with Crippen molar-refractivity contribution in [3.05, 3.63) is 59.4 Å². The molecule has 0 aliphatic carbocycles. The van der Waals surface area contributed by atoms with Crippen LogP contribution >= 0.6 is 0 Å². The molecule has 1 aliphatic rings. The molecule has 0 saturated carbocycles. The minimum absolute atomic E-state index is 0.132. The number of aryl methyl sites for hydroxylation is 1. The summed E-state index contributed by atoms with van der Waals surface area (Å²) in [5.41, 5.74) is 1.01. The van der Waals surface area contributed by atoms with Crippen LogP contribution in [0.2, 0.25) is 0 Å². The highest BCUT2D eigenvalue weighted by Crippen LogP contribution is 2.23. The van der Waals surface area contributed by atoms with E-state index in [9.17, 15) is 17.6 Å². The average molecular weight is 406 g/mol. The van der Waals surface area contributed by atoms with Gasteiger partial charge in [-0.05, 0) is 61.7 Å². The molecule has 2 aromatic carbocycles. The second-order valence-corrected chi connectivity index (χ2v) is 8.58. The Morgan fingerprint density at radius 1 is 1.14 bits per heavy atom. The van der Waals surface area contributed by atoms with Crippen LogP contribution in [0.3, 0.4) is 0 Å². The molecular weight excluding hydrogens is 383 g/mol. The van der Waals surface area contributed by atoms with Crippen molar-refractivity contribution in [1.82, 2.24) is 9.62 Å². The Hall–Kier alpha value is -2.45. The first-order chi connectivity index (χ1) is 13.4. The summed E-state index contributed by atoms with van der Waals surface area (Å²) in [6.07, 6.45) is 1.71. The Morgan fingerprint density at radius 3 is 2.50 bits per heavy atom. The molecule has 150 valence electrons. The molecule has 0 spiro atoms. The van der Waals surface area contributed by atoms with Crippen LogP contribution in [0.1, 0.15) is 28.8 Å². The lowest BCUT2D eigenvalue weighted by molar-refractivity contribution is 0.0946. The molecule has 0 atom stereocenters. The predicted molar refractivity (Wildman–Crippen MR) is 103 cm³/mol. The summed E-state index contributed by atoms with van der Waals surface area (Å²) in [6.45, 7) is 3.23. The van der Waals surface area contributed by atoms with Crippen LogP contribution < -0.4 is 10.1 Å². The number of amides is 1. The number of benzene rings is 2. The van der Waals surface area contributed by atoms with Crippen molar-refractivity contribution >= 4 is 15.9 Å². The summed E-state index contributed by atoms with van der Waals surface area (Å²) < 4.78 is 45.2. The summed E-state index contributed by atoms with van der Waals surface area (Å²) in [7, 11) is -3.58. The molecule has 1 saturated heterocycles. The Bertz CT molecular complexity index is 939. The second-order valence-electron chi connectivity index (χ2n) is 6.65. The maximum atomic E-state index is 12.9. The van der Waals surface area contributed by atoms with Crippen molar-refractivity contribution in [2.75, 3.05) is 26.2 Å². The summed E-state index contributed by atoms with van der Waals surface area (Å²) in [5, 5.41) is 2.72. The van der Waals surface area contributed by atoms with E-state index >= 15 is 0 Å². The smallest absolute Gasteiger partial charge is 0.251 e. The number of nitrogens with zero attached hydrogens (tertiary/aromatic N) is 1. The Morgan fingerprint density at radius 2 is 1.82 bits per heavy atom. The van der Waals surface area contributed by atoms with Gasteiger partial charge in [0.25, 0.3) is 5.91 Å². The summed E-state index contributed by atoms with van der Waals surface area (Å²) in [5.74, 6) is -0.205. The van der Waals surface area contributed by atoms with E-state index in [1.54, 1.807) is 13.0 Å². The number of hydrogen-bond acceptors (Lipinski definition) is 4. The normalized spacial score (nSPS) is 14.8. The van der Waals surface area contributed by atoms with E-state index in [1.807, 2.05) is 0 Å². The standard InChI is InChI=1S/C20H23FN2O4S/c1-15-4-9-18(28(25,26)23-11-2-3-12-23)14-19(15)20(24)22-10-13-27-17-7-5-16(21)6-8-17/h4-9,14H,2-3,10-13H2,1H3,(H,22,24). The maximum absolute atomic E-state index is 12.9. The molecule has 0 unspecified atom stereocenters. The lowest BCUT2D eigenvalue weighted by Gasteiger charge is -2.17. The van der Waals surface area contributed by atoms with Crippen molar-refractivity contribution < 1.29 is 22.3 Å². The van der Waals surface area contributed by atoms with E-state index in [0.29, 0.717) is 30.0 Å². The minimum atomic E-state index is -3.58. The molecule has 1 heterocycles. The number of halogens is 1. The van der Waals surface area contributed by atoms with Gasteiger partial charge in [-0.3, -0.25) is 4.79 Å². The van der Waals surface area contributed by atoms with Gasteiger partial charge < -0.3 is 10.1 Å². The number of rotatable bonds is 7. The monoisotopic (exact) mass is 406 g/mol. The highest BCUT2D eigenvalue weighted by Gasteiger charge is 2.28. The van der Waals surface area contributed by atoms with Gasteiger partial charge in [-0.25, -0.2) is 12.8 Å². The quantitative estimate of drug-likeness (QED) is 0.718. The third-order valence-electron chi connectivity index (χ3n) is 4.63. The summed E-state index contributed by atoms with van der Waals surface area (Å²) in [4.78, 5) is 12.6. The third-order valence-corrected chi connectivity index (χ3v) is 6.52. The molecule has 28 heavy (non-hydrogen) atoms. The van der Waals surface area contributed by atoms with Crippen molar-refractivity contribution in [1.29, 1.82) is 0 Å². The fourth-order valence-electron chi connectivity index (χ4n) is 3.04. The zero-order valence-corrected chi connectivity index (χ0v) is 16.5. The highest BCUT2D eigenvalue weighted by atomic mass is 32.2. The zero-order chi connectivity index (χ0) is 20.1. The fourth-order valence-corrected chi connectivity index (χ4v) is 4.59. The van der Waals surface area contributed by atoms with E-state index < -0.39 is 10.0 Å². The Labute approximate surface area is 164 Å². The number of sulfonamides is 1. The average Bonchev–Trinajstić information content (AvgIpc) is 3.22. The van der Waals surface area contributed by atoms with E-state index in [0.717, 1.165) is 12.8 Å². The first kappa shape index (κ1) is 20.3. The highest BCUT2D eigenvalue weighted by molar-refractivity contribution is 7.89. The van der Waals surface area contributed by atoms with Crippen LogP contribution in [-0.2, 0) is 10.0 Å². The van der Waals surface area contributed by atoms with Gasteiger partial charge >= 0.3 is 0 Å². The number of nitrogens with one attached hydrogen (secondary N) is 1. The molecule has 1 N–H and O–H groups in total. The van der Waals surface area contributed by atoms with Crippen molar-refractivity contribution in [3.63, 3.8) is 0 Å². The van der Waals surface area contributed by atoms with E-state index in [-0.39, 0.29) is 29.8 Å². The van der Waals surface area contributed by atoms with Gasteiger partial charge in [0.05, 0.1) is 11.4 Å². The SMILES string of the molecule is Cc1ccc(S(=O)(=O)N2CCCC2)cc1C(=O)NCCOc1ccc(F)cc1. The molecule has 6 nitrogen and oxygen atoms in total. The third kappa shape index (κ3) is 4.69. The first-order valence-corrected chi connectivity index (χ1v) is 10.6. The molecule has 1 amide bonds. The molecule has 2 aromatic rings. The Balaban J connectivity index is 1.62. The minimum Gasteiger partial charge on any atom is -0.492 e. The lowest BCUT2D eigenvalue weighted by Crippen LogP contribution is -2.30. The number of carbonyl (C=O) groups is 1. The van der Waals surface area contributed by atoms with Gasteiger partial charge in [-0.1, -0.05) is 6.07 Å². The van der Waals surface area contributed by atoms with Gasteiger partial charge in [0.15, 0.2) is 0 Å². The van der Waals surface area contributed by atoms with Crippen LogP contribution in [0.5, 0.6) is 5.75 Å². The lowest BCUT2D eigenvalue weighted by atomic mass is 10.1.